The van der Waals surface area contributed by atoms with E-state index >= 15 is 0 Å². The second-order valence-corrected chi connectivity index (χ2v) is 11.1. The van der Waals surface area contributed by atoms with Crippen molar-refractivity contribution in [2.75, 3.05) is 13.1 Å². The number of hydrogen-bond acceptors (Lipinski definition) is 6. The highest BCUT2D eigenvalue weighted by Crippen LogP contribution is 2.29. The van der Waals surface area contributed by atoms with E-state index < -0.39 is 32.1 Å². The third-order valence-electron chi connectivity index (χ3n) is 4.98. The van der Waals surface area contributed by atoms with Gasteiger partial charge in [0.05, 0.1) is 11.4 Å². The maximum absolute atomic E-state index is 13.2. The molecular formula is C16H26N6O4S2. The van der Waals surface area contributed by atoms with Crippen molar-refractivity contribution in [3.05, 3.63) is 23.8 Å². The van der Waals surface area contributed by atoms with E-state index in [-0.39, 0.29) is 22.9 Å². The van der Waals surface area contributed by atoms with Crippen molar-refractivity contribution >= 4 is 20.0 Å². The molecule has 10 nitrogen and oxygen atoms in total. The van der Waals surface area contributed by atoms with Crippen LogP contribution in [0.1, 0.15) is 25.2 Å². The summed E-state index contributed by atoms with van der Waals surface area (Å²) in [5.74, 6) is 0. The van der Waals surface area contributed by atoms with Crippen molar-refractivity contribution in [1.29, 1.82) is 0 Å². The smallest absolute Gasteiger partial charge is 0.246 e. The minimum atomic E-state index is -3.78. The lowest BCUT2D eigenvalue weighted by Gasteiger charge is -2.42. The Morgan fingerprint density at radius 3 is 1.36 bits per heavy atom. The molecule has 0 aliphatic carbocycles. The van der Waals surface area contributed by atoms with E-state index in [9.17, 15) is 16.8 Å². The van der Waals surface area contributed by atoms with E-state index in [1.165, 1.54) is 30.4 Å². The average Bonchev–Trinajstić information content (AvgIpc) is 3.10. The van der Waals surface area contributed by atoms with E-state index in [1.807, 2.05) is 0 Å². The van der Waals surface area contributed by atoms with Crippen LogP contribution in [-0.2, 0) is 34.1 Å². The molecular weight excluding hydrogens is 404 g/mol. The second-order valence-electron chi connectivity index (χ2n) is 7.35. The maximum atomic E-state index is 13.2. The summed E-state index contributed by atoms with van der Waals surface area (Å²) in [7, 11) is -4.23. The highest BCUT2D eigenvalue weighted by Gasteiger charge is 2.43. The summed E-state index contributed by atoms with van der Waals surface area (Å²) >= 11 is 0. The molecule has 1 fully saturated rings. The zero-order valence-electron chi connectivity index (χ0n) is 16.9. The van der Waals surface area contributed by atoms with Crippen LogP contribution in [0.5, 0.6) is 0 Å². The monoisotopic (exact) mass is 430 g/mol. The van der Waals surface area contributed by atoms with Gasteiger partial charge in [-0.1, -0.05) is 0 Å². The van der Waals surface area contributed by atoms with Gasteiger partial charge in [-0.05, 0) is 27.7 Å². The van der Waals surface area contributed by atoms with Crippen molar-refractivity contribution in [2.24, 2.45) is 14.1 Å². The Balaban J connectivity index is 1.93. The van der Waals surface area contributed by atoms with Crippen LogP contribution in [0.2, 0.25) is 0 Å². The van der Waals surface area contributed by atoms with Crippen LogP contribution in [0.4, 0.5) is 0 Å². The molecule has 0 radical (unpaired) electrons. The van der Waals surface area contributed by atoms with E-state index in [2.05, 4.69) is 10.2 Å². The molecule has 0 aromatic carbocycles. The maximum Gasteiger partial charge on any atom is 0.246 e. The first kappa shape index (κ1) is 21.0. The van der Waals surface area contributed by atoms with Gasteiger partial charge in [-0.2, -0.15) is 18.8 Å². The molecule has 0 bridgehead atoms. The first-order valence-corrected chi connectivity index (χ1v) is 11.8. The fourth-order valence-corrected chi connectivity index (χ4v) is 7.46. The van der Waals surface area contributed by atoms with Crippen LogP contribution in [0, 0.1) is 13.8 Å². The largest absolute Gasteiger partial charge is 0.274 e. The molecule has 1 aliphatic heterocycles. The van der Waals surface area contributed by atoms with Gasteiger partial charge in [-0.25, -0.2) is 16.8 Å². The normalized spacial score (nSPS) is 22.6. The van der Waals surface area contributed by atoms with E-state index in [0.717, 1.165) is 0 Å². The molecule has 0 N–H and O–H groups in total. The Bertz CT molecular complexity index is 1010. The SMILES string of the molecule is Cc1nn(C)cc1S(=O)(=O)N1C[C@H](C)N(S(=O)(=O)c2cn(C)nc2C)C[C@H]1C. The zero-order chi connectivity index (χ0) is 21.0. The predicted octanol–water partition coefficient (Wildman–Crippen LogP) is 0.243. The van der Waals surface area contributed by atoms with Crippen molar-refractivity contribution < 1.29 is 16.8 Å². The number of aryl methyl sites for hydroxylation is 4. The first-order chi connectivity index (χ1) is 12.9. The molecule has 1 saturated heterocycles. The highest BCUT2D eigenvalue weighted by molar-refractivity contribution is 7.89. The summed E-state index contributed by atoms with van der Waals surface area (Å²) in [5.41, 5.74) is 0.840. The lowest BCUT2D eigenvalue weighted by Crippen LogP contribution is -2.59. The quantitative estimate of drug-likeness (QED) is 0.687. The van der Waals surface area contributed by atoms with Gasteiger partial charge < -0.3 is 0 Å². The summed E-state index contributed by atoms with van der Waals surface area (Å²) in [6, 6.07) is -1.04. The zero-order valence-corrected chi connectivity index (χ0v) is 18.5. The van der Waals surface area contributed by atoms with Gasteiger partial charge in [0.25, 0.3) is 0 Å². The second kappa shape index (κ2) is 6.94. The molecule has 0 amide bonds. The molecule has 2 atom stereocenters. The average molecular weight is 431 g/mol. The standard InChI is InChI=1S/C16H26N6O4S2/c1-11-7-22(28(25,26)16-10-20(6)18-14(16)4)12(2)8-21(11)27(23,24)15-9-19(5)17-13(15)3/h9-12H,7-8H2,1-6H3/t11-,12+. The Labute approximate surface area is 165 Å². The Kier molecular flexibility index (Phi) is 5.19. The first-order valence-electron chi connectivity index (χ1n) is 8.90. The van der Waals surface area contributed by atoms with Crippen molar-refractivity contribution in [3.8, 4) is 0 Å². The van der Waals surface area contributed by atoms with Gasteiger partial charge >= 0.3 is 0 Å². The van der Waals surface area contributed by atoms with Gasteiger partial charge in [-0.15, -0.1) is 0 Å². The summed E-state index contributed by atoms with van der Waals surface area (Å²) < 4.78 is 58.3. The van der Waals surface area contributed by atoms with E-state index in [4.69, 9.17) is 0 Å². The molecule has 0 saturated carbocycles. The molecule has 0 spiro atoms. The molecule has 1 aliphatic rings. The molecule has 3 rings (SSSR count). The number of hydrogen-bond donors (Lipinski definition) is 0. The Morgan fingerprint density at radius 2 is 1.11 bits per heavy atom. The van der Waals surface area contributed by atoms with E-state index in [0.29, 0.717) is 11.4 Å². The van der Waals surface area contributed by atoms with Gasteiger partial charge in [0.2, 0.25) is 20.0 Å². The Morgan fingerprint density at radius 1 is 0.786 bits per heavy atom. The molecule has 2 aromatic heterocycles. The van der Waals surface area contributed by atoms with Crippen LogP contribution in [0.15, 0.2) is 22.2 Å². The van der Waals surface area contributed by atoms with Gasteiger partial charge in [-0.3, -0.25) is 9.36 Å². The molecule has 2 aromatic rings. The number of nitrogens with zero attached hydrogens (tertiary/aromatic N) is 6. The summed E-state index contributed by atoms with van der Waals surface area (Å²) in [5, 5.41) is 8.23. The lowest BCUT2D eigenvalue weighted by molar-refractivity contribution is 0.163. The Hall–Kier alpha value is -1.76. The third-order valence-corrected chi connectivity index (χ3v) is 9.15. The van der Waals surface area contributed by atoms with Crippen LogP contribution in [0.25, 0.3) is 0 Å². The minimum absolute atomic E-state index is 0.0658. The molecule has 156 valence electrons. The highest BCUT2D eigenvalue weighted by atomic mass is 32.2. The van der Waals surface area contributed by atoms with Crippen molar-refractivity contribution in [2.45, 2.75) is 49.6 Å². The summed E-state index contributed by atoms with van der Waals surface area (Å²) in [6.45, 7) is 6.86. The fraction of sp³-hybridized carbons (Fsp3) is 0.625. The van der Waals surface area contributed by atoms with Crippen LogP contribution >= 0.6 is 0 Å². The number of sulfonamides is 2. The van der Waals surface area contributed by atoms with Crippen LogP contribution in [-0.4, -0.2) is 70.2 Å². The number of piperazine rings is 1. The van der Waals surface area contributed by atoms with Gasteiger partial charge in [0.1, 0.15) is 9.79 Å². The predicted molar refractivity (Wildman–Crippen MR) is 103 cm³/mol. The van der Waals surface area contributed by atoms with E-state index in [1.54, 1.807) is 41.8 Å². The van der Waals surface area contributed by atoms with Crippen LogP contribution in [0.3, 0.4) is 0 Å². The topological polar surface area (TPSA) is 110 Å². The molecule has 28 heavy (non-hydrogen) atoms. The fourth-order valence-electron chi connectivity index (χ4n) is 3.65. The van der Waals surface area contributed by atoms with Crippen molar-refractivity contribution in [1.82, 2.24) is 28.2 Å². The molecule has 0 unspecified atom stereocenters. The molecule has 12 heteroatoms. The molecule has 3 heterocycles. The van der Waals surface area contributed by atoms with Gasteiger partial charge in [0, 0.05) is 51.7 Å². The van der Waals surface area contributed by atoms with Crippen molar-refractivity contribution in [3.63, 3.8) is 0 Å². The minimum Gasteiger partial charge on any atom is -0.274 e. The summed E-state index contributed by atoms with van der Waals surface area (Å²) in [4.78, 5) is 0.293. The number of rotatable bonds is 4. The lowest BCUT2D eigenvalue weighted by atomic mass is 10.2. The third kappa shape index (κ3) is 3.38. The number of aromatic nitrogens is 4. The van der Waals surface area contributed by atoms with Crippen LogP contribution < -0.4 is 0 Å². The van der Waals surface area contributed by atoms with Gasteiger partial charge in [0.15, 0.2) is 0 Å². The summed E-state index contributed by atoms with van der Waals surface area (Å²) in [6.07, 6.45) is 2.95.